The molecule has 1 saturated heterocycles. The molecule has 1 unspecified atom stereocenters. The molecule has 0 bridgehead atoms. The molecule has 2 aromatic rings. The van der Waals surface area contributed by atoms with Crippen molar-refractivity contribution < 1.29 is 9.47 Å². The monoisotopic (exact) mass is 538 g/mol. The average Bonchev–Trinajstić information content (AvgIpc) is 2.75. The Hall–Kier alpha value is -1.84. The largest absolute Gasteiger partial charge is 0.492 e. The zero-order valence-electron chi connectivity index (χ0n) is 19.0. The van der Waals surface area contributed by atoms with E-state index in [9.17, 15) is 0 Å². The van der Waals surface area contributed by atoms with E-state index >= 15 is 0 Å². The molecule has 1 N–H and O–H groups in total. The summed E-state index contributed by atoms with van der Waals surface area (Å²) >= 11 is 0. The molecule has 0 aliphatic carbocycles. The minimum absolute atomic E-state index is 0. The standard InChI is InChI=1S/C24H34N4O2.HI/c1-19-9-5-7-11-21(19)23-18-28(14-16-30-23)24(25-2)26-17-20-10-6-8-12-22(20)29-15-13-27(3)4;/h5-12,23H,13-18H2,1-4H3,(H,25,26);1H. The van der Waals surface area contributed by atoms with Gasteiger partial charge in [0, 0.05) is 32.2 Å². The lowest BCUT2D eigenvalue weighted by atomic mass is 10.0. The lowest BCUT2D eigenvalue weighted by molar-refractivity contribution is -0.00834. The topological polar surface area (TPSA) is 49.3 Å². The van der Waals surface area contributed by atoms with Crippen molar-refractivity contribution in [3.05, 3.63) is 65.2 Å². The number of likely N-dealkylation sites (N-methyl/N-ethyl adjacent to an activating group) is 1. The lowest BCUT2D eigenvalue weighted by Crippen LogP contribution is -2.48. The summed E-state index contributed by atoms with van der Waals surface area (Å²) in [7, 11) is 5.93. The van der Waals surface area contributed by atoms with Crippen LogP contribution in [-0.2, 0) is 11.3 Å². The van der Waals surface area contributed by atoms with Gasteiger partial charge < -0.3 is 24.6 Å². The maximum atomic E-state index is 6.07. The van der Waals surface area contributed by atoms with Crippen LogP contribution in [0, 0.1) is 6.92 Å². The van der Waals surface area contributed by atoms with Crippen molar-refractivity contribution in [2.75, 3.05) is 54.0 Å². The van der Waals surface area contributed by atoms with Gasteiger partial charge in [-0.3, -0.25) is 4.99 Å². The number of para-hydroxylation sites is 1. The van der Waals surface area contributed by atoms with Crippen LogP contribution in [0.2, 0.25) is 0 Å². The number of ether oxygens (including phenoxy) is 2. The molecule has 1 aliphatic heterocycles. The summed E-state index contributed by atoms with van der Waals surface area (Å²) < 4.78 is 12.1. The summed E-state index contributed by atoms with van der Waals surface area (Å²) in [5.41, 5.74) is 3.63. The van der Waals surface area contributed by atoms with Gasteiger partial charge in [0.2, 0.25) is 0 Å². The zero-order chi connectivity index (χ0) is 21.3. The molecule has 6 nitrogen and oxygen atoms in total. The highest BCUT2D eigenvalue weighted by Crippen LogP contribution is 2.25. The molecule has 1 heterocycles. The summed E-state index contributed by atoms with van der Waals surface area (Å²) in [6.45, 7) is 6.64. The summed E-state index contributed by atoms with van der Waals surface area (Å²) in [6.07, 6.45) is 0.0557. The van der Waals surface area contributed by atoms with Gasteiger partial charge in [0.1, 0.15) is 18.5 Å². The maximum Gasteiger partial charge on any atom is 0.194 e. The van der Waals surface area contributed by atoms with Gasteiger partial charge in [-0.05, 0) is 38.2 Å². The van der Waals surface area contributed by atoms with Crippen LogP contribution in [-0.4, -0.2) is 69.8 Å². The van der Waals surface area contributed by atoms with Gasteiger partial charge in [0.05, 0.1) is 13.2 Å². The minimum Gasteiger partial charge on any atom is -0.492 e. The molecular formula is C24H35IN4O2. The molecule has 2 aromatic carbocycles. The molecule has 170 valence electrons. The number of benzene rings is 2. The average molecular weight is 538 g/mol. The van der Waals surface area contributed by atoms with Crippen molar-refractivity contribution in [1.82, 2.24) is 15.1 Å². The number of guanidine groups is 1. The lowest BCUT2D eigenvalue weighted by Gasteiger charge is -2.35. The Morgan fingerprint density at radius 1 is 1.19 bits per heavy atom. The van der Waals surface area contributed by atoms with Crippen molar-refractivity contribution in [3.63, 3.8) is 0 Å². The van der Waals surface area contributed by atoms with E-state index in [1.807, 2.05) is 39.3 Å². The minimum atomic E-state index is 0. The number of halogens is 1. The number of nitrogens with one attached hydrogen (secondary N) is 1. The Labute approximate surface area is 203 Å². The maximum absolute atomic E-state index is 6.07. The Kier molecular flexibility index (Phi) is 10.6. The van der Waals surface area contributed by atoms with Crippen molar-refractivity contribution >= 4 is 29.9 Å². The number of rotatable bonds is 7. The second kappa shape index (κ2) is 12.9. The van der Waals surface area contributed by atoms with Crippen LogP contribution < -0.4 is 10.1 Å². The van der Waals surface area contributed by atoms with E-state index < -0.39 is 0 Å². The van der Waals surface area contributed by atoms with E-state index in [1.165, 1.54) is 11.1 Å². The third-order valence-electron chi connectivity index (χ3n) is 5.32. The fourth-order valence-corrected chi connectivity index (χ4v) is 3.61. The molecule has 0 spiro atoms. The van der Waals surface area contributed by atoms with E-state index in [0.29, 0.717) is 19.8 Å². The van der Waals surface area contributed by atoms with E-state index in [0.717, 1.165) is 36.9 Å². The number of aryl methyl sites for hydroxylation is 1. The summed E-state index contributed by atoms with van der Waals surface area (Å²) in [6, 6.07) is 16.6. The van der Waals surface area contributed by atoms with Crippen LogP contribution in [0.25, 0.3) is 0 Å². The molecule has 0 aromatic heterocycles. The summed E-state index contributed by atoms with van der Waals surface area (Å²) in [5, 5.41) is 3.51. The van der Waals surface area contributed by atoms with E-state index in [-0.39, 0.29) is 30.1 Å². The highest BCUT2D eigenvalue weighted by molar-refractivity contribution is 14.0. The van der Waals surface area contributed by atoms with Crippen molar-refractivity contribution in [2.45, 2.75) is 19.6 Å². The SMILES string of the molecule is CN=C(NCc1ccccc1OCCN(C)C)N1CCOC(c2ccccc2C)C1.I. The second-order valence-corrected chi connectivity index (χ2v) is 7.82. The van der Waals surface area contributed by atoms with Gasteiger partial charge in [-0.1, -0.05) is 42.5 Å². The predicted octanol–water partition coefficient (Wildman–Crippen LogP) is 3.70. The van der Waals surface area contributed by atoms with Crippen LogP contribution in [0.4, 0.5) is 0 Å². The Bertz CT molecular complexity index is 844. The van der Waals surface area contributed by atoms with Gasteiger partial charge in [-0.2, -0.15) is 0 Å². The third kappa shape index (κ3) is 7.36. The first-order valence-corrected chi connectivity index (χ1v) is 10.6. The van der Waals surface area contributed by atoms with Crippen LogP contribution in [0.1, 0.15) is 22.8 Å². The van der Waals surface area contributed by atoms with Gasteiger partial charge in [0.15, 0.2) is 5.96 Å². The number of aliphatic imine (C=N–C) groups is 1. The van der Waals surface area contributed by atoms with Gasteiger partial charge >= 0.3 is 0 Å². The van der Waals surface area contributed by atoms with E-state index in [2.05, 4.69) is 57.4 Å². The highest BCUT2D eigenvalue weighted by atomic mass is 127. The van der Waals surface area contributed by atoms with Crippen molar-refractivity contribution in [1.29, 1.82) is 0 Å². The molecule has 7 heteroatoms. The molecule has 31 heavy (non-hydrogen) atoms. The fourth-order valence-electron chi connectivity index (χ4n) is 3.61. The third-order valence-corrected chi connectivity index (χ3v) is 5.32. The Morgan fingerprint density at radius 3 is 2.68 bits per heavy atom. The van der Waals surface area contributed by atoms with Crippen LogP contribution in [0.5, 0.6) is 5.75 Å². The Morgan fingerprint density at radius 2 is 1.94 bits per heavy atom. The van der Waals surface area contributed by atoms with Gasteiger partial charge in [0.25, 0.3) is 0 Å². The first-order valence-electron chi connectivity index (χ1n) is 10.6. The molecule has 0 radical (unpaired) electrons. The van der Waals surface area contributed by atoms with E-state index in [1.54, 1.807) is 0 Å². The number of nitrogens with zero attached hydrogens (tertiary/aromatic N) is 3. The van der Waals surface area contributed by atoms with Crippen LogP contribution in [0.3, 0.4) is 0 Å². The summed E-state index contributed by atoms with van der Waals surface area (Å²) in [5.74, 6) is 1.81. The quantitative estimate of drug-likeness (QED) is 0.331. The van der Waals surface area contributed by atoms with E-state index in [4.69, 9.17) is 9.47 Å². The number of hydrogen-bond donors (Lipinski definition) is 1. The molecule has 1 aliphatic rings. The van der Waals surface area contributed by atoms with Crippen LogP contribution in [0.15, 0.2) is 53.5 Å². The van der Waals surface area contributed by atoms with Crippen molar-refractivity contribution in [3.8, 4) is 5.75 Å². The smallest absolute Gasteiger partial charge is 0.194 e. The Balaban J connectivity index is 0.00000341. The molecule has 1 fully saturated rings. The number of hydrogen-bond acceptors (Lipinski definition) is 4. The molecular weight excluding hydrogens is 503 g/mol. The molecule has 0 amide bonds. The van der Waals surface area contributed by atoms with Gasteiger partial charge in [-0.15, -0.1) is 24.0 Å². The first-order chi connectivity index (χ1) is 14.6. The summed E-state index contributed by atoms with van der Waals surface area (Å²) in [4.78, 5) is 8.91. The van der Waals surface area contributed by atoms with Crippen molar-refractivity contribution in [2.24, 2.45) is 4.99 Å². The fraction of sp³-hybridized carbons (Fsp3) is 0.458. The predicted molar refractivity (Wildman–Crippen MR) is 138 cm³/mol. The first kappa shape index (κ1) is 25.4. The van der Waals surface area contributed by atoms with Crippen LogP contribution >= 0.6 is 24.0 Å². The molecule has 3 rings (SSSR count). The second-order valence-electron chi connectivity index (χ2n) is 7.82. The number of morpholine rings is 1. The van der Waals surface area contributed by atoms with Gasteiger partial charge in [-0.25, -0.2) is 0 Å². The highest BCUT2D eigenvalue weighted by Gasteiger charge is 2.25. The molecule has 0 saturated carbocycles. The zero-order valence-corrected chi connectivity index (χ0v) is 21.3. The normalized spacial score (nSPS) is 16.7. The molecule has 1 atom stereocenters.